The fourth-order valence-electron chi connectivity index (χ4n) is 4.72. The van der Waals surface area contributed by atoms with Gasteiger partial charge in [0.25, 0.3) is 0 Å². The van der Waals surface area contributed by atoms with Crippen molar-refractivity contribution in [1.82, 2.24) is 9.55 Å². The zero-order chi connectivity index (χ0) is 30.4. The number of carbonyl (C=O) groups is 2. The van der Waals surface area contributed by atoms with E-state index in [1.807, 2.05) is 72.2 Å². The number of rotatable bonds is 13. The summed E-state index contributed by atoms with van der Waals surface area (Å²) in [7, 11) is -2.89. The second kappa shape index (κ2) is 13.3. The molecular weight excluding hydrogens is 572 g/mol. The van der Waals surface area contributed by atoms with Gasteiger partial charge in [-0.2, -0.15) is 13.4 Å². The number of hydrogen-bond donors (Lipinski definition) is 1. The van der Waals surface area contributed by atoms with Crippen LogP contribution in [0.3, 0.4) is 0 Å². The van der Waals surface area contributed by atoms with Gasteiger partial charge in [0.2, 0.25) is 5.88 Å². The molecule has 0 atom stereocenters. The molecule has 222 valence electrons. The van der Waals surface area contributed by atoms with E-state index in [2.05, 4.69) is 18.8 Å². The van der Waals surface area contributed by atoms with Crippen LogP contribution in [0.5, 0.6) is 5.88 Å². The summed E-state index contributed by atoms with van der Waals surface area (Å²) >= 11 is 1.38. The third-order valence-electron chi connectivity index (χ3n) is 6.77. The van der Waals surface area contributed by atoms with Crippen molar-refractivity contribution in [3.05, 3.63) is 76.8 Å². The lowest BCUT2D eigenvalue weighted by atomic mass is 10.0. The highest BCUT2D eigenvalue weighted by atomic mass is 32.2. The average Bonchev–Trinajstić information content (AvgIpc) is 3.54. The number of sulfonamides is 1. The van der Waals surface area contributed by atoms with Crippen molar-refractivity contribution in [3.8, 4) is 28.4 Å². The van der Waals surface area contributed by atoms with E-state index in [-0.39, 0.29) is 12.4 Å². The van der Waals surface area contributed by atoms with Crippen molar-refractivity contribution in [2.75, 3.05) is 18.0 Å². The molecule has 2 N–H and O–H groups in total. The summed E-state index contributed by atoms with van der Waals surface area (Å²) in [6.45, 7) is 6.69. The Bertz CT molecular complexity index is 1640. The van der Waals surface area contributed by atoms with Crippen molar-refractivity contribution in [2.45, 2.75) is 46.6 Å². The smallest absolute Gasteiger partial charge is 0.354 e. The van der Waals surface area contributed by atoms with Crippen LogP contribution in [0, 0.1) is 5.92 Å². The summed E-state index contributed by atoms with van der Waals surface area (Å²) in [5, 5.41) is -0.880. The maximum Gasteiger partial charge on any atom is 0.354 e. The Balaban J connectivity index is 1.76. The van der Waals surface area contributed by atoms with Crippen LogP contribution >= 0.6 is 11.3 Å². The molecule has 42 heavy (non-hydrogen) atoms. The lowest BCUT2D eigenvalue weighted by Gasteiger charge is -2.22. The minimum absolute atomic E-state index is 0.160. The van der Waals surface area contributed by atoms with Crippen LogP contribution in [0.4, 0.5) is 9.80 Å². The van der Waals surface area contributed by atoms with Crippen LogP contribution < -0.4 is 14.8 Å². The molecule has 2 heterocycles. The summed E-state index contributed by atoms with van der Waals surface area (Å²) in [6.07, 6.45) is 2.85. The molecule has 0 aliphatic carbocycles. The molecule has 0 aliphatic heterocycles. The van der Waals surface area contributed by atoms with E-state index in [4.69, 9.17) is 10.5 Å². The number of hydrogen-bond acceptors (Lipinski definition) is 7. The third kappa shape index (κ3) is 6.57. The number of nitrogens with two attached hydrogens (primary N) is 1. The van der Waals surface area contributed by atoms with Gasteiger partial charge in [0.1, 0.15) is 16.5 Å². The number of imidazole rings is 1. The maximum atomic E-state index is 13.1. The van der Waals surface area contributed by atoms with Crippen molar-refractivity contribution in [1.29, 1.82) is 0 Å². The predicted molar refractivity (Wildman–Crippen MR) is 168 cm³/mol. The molecule has 0 radical (unpaired) electrons. The van der Waals surface area contributed by atoms with Crippen molar-refractivity contribution in [2.24, 2.45) is 11.7 Å². The number of nitrogens with zero attached hydrogens (tertiary/aromatic N) is 3. The first kappa shape index (κ1) is 31.0. The monoisotopic (exact) mass is 608 g/mol. The Morgan fingerprint density at radius 3 is 2.38 bits per heavy atom. The van der Waals surface area contributed by atoms with E-state index in [1.165, 1.54) is 18.4 Å². The fourth-order valence-corrected chi connectivity index (χ4v) is 7.35. The molecule has 2 aromatic carbocycles. The Labute approximate surface area is 251 Å². The number of unbranched alkanes of at least 4 members (excludes halogenated alkanes) is 1. The average molecular weight is 609 g/mol. The van der Waals surface area contributed by atoms with Gasteiger partial charge in [-0.1, -0.05) is 81.8 Å². The summed E-state index contributed by atoms with van der Waals surface area (Å²) in [5.41, 5.74) is 8.96. The minimum atomic E-state index is -4.37. The topological polar surface area (TPSA) is 125 Å². The van der Waals surface area contributed by atoms with E-state index >= 15 is 0 Å². The Hall–Kier alpha value is -3.96. The molecule has 0 fully saturated rings. The van der Waals surface area contributed by atoms with Gasteiger partial charge in [0.05, 0.1) is 7.11 Å². The largest absolute Gasteiger partial charge is 0.479 e. The first-order valence-corrected chi connectivity index (χ1v) is 16.1. The van der Waals surface area contributed by atoms with Gasteiger partial charge in [0.15, 0.2) is 6.29 Å². The number of aldehydes is 1. The molecular formula is C31H36N4O5S2. The normalized spacial score (nSPS) is 11.5. The lowest BCUT2D eigenvalue weighted by Crippen LogP contribution is -2.39. The van der Waals surface area contributed by atoms with Crippen LogP contribution in [0.1, 0.15) is 54.5 Å². The van der Waals surface area contributed by atoms with Gasteiger partial charge in [-0.15, -0.1) is 11.3 Å². The number of anilines is 1. The van der Waals surface area contributed by atoms with Gasteiger partial charge in [-0.05, 0) is 36.0 Å². The number of thiophene rings is 1. The molecule has 0 spiro atoms. The molecule has 0 bridgehead atoms. The first-order valence-electron chi connectivity index (χ1n) is 13.8. The summed E-state index contributed by atoms with van der Waals surface area (Å²) < 4.78 is 34.5. The van der Waals surface area contributed by atoms with E-state index in [0.717, 1.165) is 50.6 Å². The summed E-state index contributed by atoms with van der Waals surface area (Å²) in [6, 6.07) is 19.3. The SMILES string of the molecule is CCCCN(c1sc(CC(C)C)cc1-c1ccc(Cn2c(-c3ccccc3)nc(OC)c2C=O)cc1)S(=O)(=O)C(N)=O. The van der Waals surface area contributed by atoms with Crippen LogP contribution in [-0.2, 0) is 23.0 Å². The van der Waals surface area contributed by atoms with Gasteiger partial charge >= 0.3 is 15.3 Å². The fraction of sp³-hybridized carbons (Fsp3) is 0.323. The van der Waals surface area contributed by atoms with Crippen molar-refractivity contribution < 1.29 is 22.7 Å². The van der Waals surface area contributed by atoms with Crippen molar-refractivity contribution in [3.63, 3.8) is 0 Å². The van der Waals surface area contributed by atoms with Crippen LogP contribution in [0.2, 0.25) is 0 Å². The van der Waals surface area contributed by atoms with Crippen molar-refractivity contribution >= 4 is 37.9 Å². The number of aromatic nitrogens is 2. The maximum absolute atomic E-state index is 13.1. The number of primary amides is 1. The zero-order valence-corrected chi connectivity index (χ0v) is 25.9. The molecule has 4 rings (SSSR count). The summed E-state index contributed by atoms with van der Waals surface area (Å²) in [5.74, 6) is 1.23. The van der Waals surface area contributed by atoms with Crippen LogP contribution in [0.25, 0.3) is 22.5 Å². The number of benzene rings is 2. The van der Waals surface area contributed by atoms with Gasteiger partial charge in [-0.25, -0.2) is 0 Å². The first-order chi connectivity index (χ1) is 20.1. The molecule has 0 unspecified atom stereocenters. The second-order valence-corrected chi connectivity index (χ2v) is 13.3. The molecule has 0 saturated heterocycles. The molecule has 2 aromatic heterocycles. The number of amides is 1. The van der Waals surface area contributed by atoms with Gasteiger partial charge < -0.3 is 15.0 Å². The minimum Gasteiger partial charge on any atom is -0.479 e. The molecule has 4 aromatic rings. The van der Waals surface area contributed by atoms with Crippen LogP contribution in [-0.4, -0.2) is 43.1 Å². The number of methoxy groups -OCH3 is 1. The zero-order valence-electron chi connectivity index (χ0n) is 24.2. The quantitative estimate of drug-likeness (QED) is 0.176. The molecule has 0 aliphatic rings. The number of carbonyl (C=O) groups excluding carboxylic acids is 2. The van der Waals surface area contributed by atoms with E-state index in [1.54, 1.807) is 0 Å². The summed E-state index contributed by atoms with van der Waals surface area (Å²) in [4.78, 5) is 29.6. The lowest BCUT2D eigenvalue weighted by molar-refractivity contribution is 0.111. The Morgan fingerprint density at radius 2 is 1.81 bits per heavy atom. The standard InChI is InChI=1S/C31H36N4O5S2/c1-5-6-16-35(42(38,39)31(32)37)30-26(18-25(41-30)17-21(2)3)23-14-12-22(13-15-23)19-34-27(20-36)29(40-4)33-28(34)24-10-8-7-9-11-24/h7-15,18,20-21H,5-6,16-17,19H2,1-4H3,(H2,32,37). The predicted octanol–water partition coefficient (Wildman–Crippen LogP) is 6.36. The van der Waals surface area contributed by atoms with Gasteiger partial charge in [0, 0.05) is 29.1 Å². The highest BCUT2D eigenvalue weighted by molar-refractivity contribution is 8.07. The molecule has 1 amide bonds. The molecule has 11 heteroatoms. The Kier molecular flexibility index (Phi) is 9.85. The van der Waals surface area contributed by atoms with E-state index in [9.17, 15) is 18.0 Å². The second-order valence-electron chi connectivity index (χ2n) is 10.4. The third-order valence-corrected chi connectivity index (χ3v) is 9.52. The highest BCUT2D eigenvalue weighted by Gasteiger charge is 2.32. The number of ether oxygens (including phenoxy) is 1. The highest BCUT2D eigenvalue weighted by Crippen LogP contribution is 2.41. The van der Waals surface area contributed by atoms with Crippen LogP contribution in [0.15, 0.2) is 60.7 Å². The molecule has 0 saturated carbocycles. The van der Waals surface area contributed by atoms with E-state index in [0.29, 0.717) is 35.4 Å². The van der Waals surface area contributed by atoms with E-state index < -0.39 is 15.3 Å². The molecule has 9 nitrogen and oxygen atoms in total. The van der Waals surface area contributed by atoms with Gasteiger partial charge in [-0.3, -0.25) is 13.9 Å². The Morgan fingerprint density at radius 1 is 1.12 bits per heavy atom.